The van der Waals surface area contributed by atoms with E-state index in [1.807, 2.05) is 0 Å². The molecule has 16 heavy (non-hydrogen) atoms. The number of rotatable bonds is 3. The summed E-state index contributed by atoms with van der Waals surface area (Å²) in [5.74, 6) is -1.04. The van der Waals surface area contributed by atoms with Gasteiger partial charge in [-0.1, -0.05) is 0 Å². The van der Waals surface area contributed by atoms with Gasteiger partial charge in [0.25, 0.3) is 11.7 Å². The maximum absolute atomic E-state index is 12.5. The normalized spacial score (nSPS) is 10.6. The van der Waals surface area contributed by atoms with Crippen molar-refractivity contribution in [1.29, 1.82) is 0 Å². The zero-order valence-corrected chi connectivity index (χ0v) is 8.66. The predicted molar refractivity (Wildman–Crippen MR) is 50.8 cm³/mol. The Hall–Kier alpha value is -1.63. The molecule has 1 aromatic rings. The minimum Gasteiger partial charge on any atom is -0.358 e. The van der Waals surface area contributed by atoms with E-state index in [-0.39, 0.29) is 5.56 Å². The molecule has 0 atom stereocenters. The smallest absolute Gasteiger partial charge is 0.358 e. The minimum atomic E-state index is -3.03. The van der Waals surface area contributed by atoms with Crippen molar-refractivity contribution in [2.75, 3.05) is 0 Å². The molecule has 0 aliphatic carbocycles. The Kier molecular flexibility index (Phi) is 3.48. The molecule has 0 unspecified atom stereocenters. The summed E-state index contributed by atoms with van der Waals surface area (Å²) in [5.41, 5.74) is -1.32. The number of carbonyl (C=O) groups is 1. The maximum Gasteiger partial charge on any atom is 0.373 e. The number of hydrogen-bond donors (Lipinski definition) is 0. The van der Waals surface area contributed by atoms with Gasteiger partial charge in [-0.25, -0.2) is 8.78 Å². The zero-order valence-electron chi connectivity index (χ0n) is 7.91. The molecule has 86 valence electrons. The van der Waals surface area contributed by atoms with E-state index in [0.29, 0.717) is 0 Å². The Labute approximate surface area is 93.2 Å². The Morgan fingerprint density at radius 1 is 1.62 bits per heavy atom. The topological polar surface area (TPSA) is 73.1 Å². The number of carbonyl (C=O) groups excluding carboxylic acids is 1. The van der Waals surface area contributed by atoms with Crippen LogP contribution < -0.4 is 0 Å². The van der Waals surface area contributed by atoms with E-state index in [0.717, 1.165) is 6.07 Å². The van der Waals surface area contributed by atoms with Crippen molar-refractivity contribution in [3.8, 4) is 0 Å². The highest BCUT2D eigenvalue weighted by atomic mass is 35.5. The fourth-order valence-corrected chi connectivity index (χ4v) is 1.27. The van der Waals surface area contributed by atoms with Gasteiger partial charge in [0.1, 0.15) is 5.56 Å². The number of hydrogen-bond acceptors (Lipinski definition) is 4. The number of pyridine rings is 1. The molecule has 1 aromatic heterocycles. The van der Waals surface area contributed by atoms with E-state index in [4.69, 9.17) is 11.6 Å². The van der Waals surface area contributed by atoms with E-state index in [1.54, 1.807) is 0 Å². The number of nitrogens with zero attached hydrogens (tertiary/aromatic N) is 2. The lowest BCUT2D eigenvalue weighted by molar-refractivity contribution is -0.391. The third-order valence-corrected chi connectivity index (χ3v) is 2.03. The van der Waals surface area contributed by atoms with Gasteiger partial charge >= 0.3 is 5.82 Å². The molecule has 5 nitrogen and oxygen atoms in total. The van der Waals surface area contributed by atoms with Crippen LogP contribution in [0.1, 0.15) is 28.0 Å². The fraction of sp³-hybridized carbons (Fsp3) is 0.250. The van der Waals surface area contributed by atoms with Gasteiger partial charge < -0.3 is 10.1 Å². The predicted octanol–water partition coefficient (Wildman–Crippen LogP) is 2.61. The fourth-order valence-electron chi connectivity index (χ4n) is 1.18. The summed E-state index contributed by atoms with van der Waals surface area (Å²) in [7, 11) is 0. The van der Waals surface area contributed by atoms with Crippen LogP contribution in [0.25, 0.3) is 0 Å². The van der Waals surface area contributed by atoms with Crippen molar-refractivity contribution in [1.82, 2.24) is 4.98 Å². The first-order valence-corrected chi connectivity index (χ1v) is 4.36. The summed E-state index contributed by atoms with van der Waals surface area (Å²) >= 11 is 5.07. The molecule has 1 rings (SSSR count). The van der Waals surface area contributed by atoms with Gasteiger partial charge in [-0.3, -0.25) is 4.79 Å². The van der Waals surface area contributed by atoms with Gasteiger partial charge in [-0.05, 0) is 40.1 Å². The van der Waals surface area contributed by atoms with Gasteiger partial charge in [0.2, 0.25) is 5.69 Å². The van der Waals surface area contributed by atoms with E-state index >= 15 is 0 Å². The van der Waals surface area contributed by atoms with Gasteiger partial charge in [-0.2, -0.15) is 0 Å². The van der Waals surface area contributed by atoms with Crippen LogP contribution in [0.15, 0.2) is 6.07 Å². The Bertz CT molecular complexity index is 465. The quantitative estimate of drug-likeness (QED) is 0.469. The lowest BCUT2D eigenvalue weighted by Gasteiger charge is -2.05. The number of aromatic nitrogens is 1. The second kappa shape index (κ2) is 4.48. The van der Waals surface area contributed by atoms with Crippen LogP contribution in [0.4, 0.5) is 14.6 Å². The second-order valence-corrected chi connectivity index (χ2v) is 3.24. The standard InChI is InChI=1S/C8H5ClF2N2O3/c1-3-2-4(6(9)14)12-8(13(15)16)5(3)7(10)11/h2,7H,1H3. The molecule has 0 aromatic carbocycles. The first-order chi connectivity index (χ1) is 7.34. The molecule has 0 spiro atoms. The van der Waals surface area contributed by atoms with Crippen LogP contribution in [0, 0.1) is 17.0 Å². The third kappa shape index (κ3) is 2.30. The number of halogens is 3. The summed E-state index contributed by atoms with van der Waals surface area (Å²) in [6.45, 7) is 1.22. The van der Waals surface area contributed by atoms with Crippen LogP contribution in [0.2, 0.25) is 0 Å². The molecule has 0 amide bonds. The lowest BCUT2D eigenvalue weighted by Crippen LogP contribution is -2.06. The van der Waals surface area contributed by atoms with Crippen molar-refractivity contribution < 1.29 is 18.5 Å². The molecule has 0 N–H and O–H groups in total. The van der Waals surface area contributed by atoms with Crippen molar-refractivity contribution in [3.63, 3.8) is 0 Å². The first kappa shape index (κ1) is 12.4. The monoisotopic (exact) mass is 250 g/mol. The highest BCUT2D eigenvalue weighted by Crippen LogP contribution is 2.30. The average Bonchev–Trinajstić information content (AvgIpc) is 2.15. The van der Waals surface area contributed by atoms with Crippen molar-refractivity contribution >= 4 is 22.7 Å². The largest absolute Gasteiger partial charge is 0.373 e. The summed E-state index contributed by atoms with van der Waals surface area (Å²) in [6.07, 6.45) is -3.03. The zero-order chi connectivity index (χ0) is 12.5. The second-order valence-electron chi connectivity index (χ2n) is 2.89. The van der Waals surface area contributed by atoms with Crippen LogP contribution >= 0.6 is 11.6 Å². The van der Waals surface area contributed by atoms with Crippen LogP contribution in [-0.4, -0.2) is 15.1 Å². The Balaban J connectivity index is 3.52. The van der Waals surface area contributed by atoms with Crippen molar-refractivity contribution in [3.05, 3.63) is 33.0 Å². The van der Waals surface area contributed by atoms with E-state index < -0.39 is 33.7 Å². The van der Waals surface area contributed by atoms with Crippen LogP contribution in [0.3, 0.4) is 0 Å². The third-order valence-electron chi connectivity index (χ3n) is 1.84. The molecule has 0 aliphatic rings. The number of aryl methyl sites for hydroxylation is 1. The average molecular weight is 251 g/mol. The minimum absolute atomic E-state index is 0.0966. The van der Waals surface area contributed by atoms with Crippen LogP contribution in [0.5, 0.6) is 0 Å². The van der Waals surface area contributed by atoms with Crippen molar-refractivity contribution in [2.24, 2.45) is 0 Å². The Morgan fingerprint density at radius 2 is 2.19 bits per heavy atom. The Morgan fingerprint density at radius 3 is 2.56 bits per heavy atom. The highest BCUT2D eigenvalue weighted by molar-refractivity contribution is 6.67. The highest BCUT2D eigenvalue weighted by Gasteiger charge is 2.28. The van der Waals surface area contributed by atoms with Gasteiger partial charge in [0, 0.05) is 0 Å². The summed E-state index contributed by atoms with van der Waals surface area (Å²) < 4.78 is 25.0. The molecular weight excluding hydrogens is 246 g/mol. The maximum atomic E-state index is 12.5. The molecule has 0 fully saturated rings. The SMILES string of the molecule is Cc1cc(C(=O)Cl)nc([N+](=O)[O-])c1C(F)F. The molecule has 8 heteroatoms. The van der Waals surface area contributed by atoms with Gasteiger partial charge in [-0.15, -0.1) is 0 Å². The van der Waals surface area contributed by atoms with Crippen LogP contribution in [-0.2, 0) is 0 Å². The number of nitro groups is 1. The van der Waals surface area contributed by atoms with Gasteiger partial charge in [0.05, 0.1) is 0 Å². The van der Waals surface area contributed by atoms with Gasteiger partial charge in [0.15, 0.2) is 0 Å². The number of alkyl halides is 2. The molecule has 1 heterocycles. The molecule has 0 saturated carbocycles. The molecule has 0 saturated heterocycles. The molecular formula is C8H5ClF2N2O3. The molecule has 0 radical (unpaired) electrons. The van der Waals surface area contributed by atoms with Crippen molar-refractivity contribution in [2.45, 2.75) is 13.3 Å². The van der Waals surface area contributed by atoms with E-state index in [1.165, 1.54) is 6.92 Å². The molecule has 0 aliphatic heterocycles. The summed E-state index contributed by atoms with van der Waals surface area (Å²) in [5, 5.41) is 9.47. The lowest BCUT2D eigenvalue weighted by atomic mass is 10.1. The first-order valence-electron chi connectivity index (χ1n) is 3.98. The summed E-state index contributed by atoms with van der Waals surface area (Å²) in [4.78, 5) is 23.4. The van der Waals surface area contributed by atoms with E-state index in [9.17, 15) is 23.7 Å². The van der Waals surface area contributed by atoms with E-state index in [2.05, 4.69) is 4.98 Å². The summed E-state index contributed by atoms with van der Waals surface area (Å²) in [6, 6.07) is 0.990. The molecule has 0 bridgehead atoms.